The highest BCUT2D eigenvalue weighted by atomic mass is 16.5. The Balaban J connectivity index is 1.50. The Kier molecular flexibility index (Phi) is 5.89. The third-order valence-corrected chi connectivity index (χ3v) is 5.08. The molecular weight excluding hydrogens is 376 g/mol. The molecule has 0 aliphatic rings. The van der Waals surface area contributed by atoms with Crippen LogP contribution in [0, 0.1) is 13.8 Å². The van der Waals surface area contributed by atoms with E-state index in [0.717, 1.165) is 39.7 Å². The van der Waals surface area contributed by atoms with Gasteiger partial charge in [-0.05, 0) is 67.4 Å². The Labute approximate surface area is 176 Å². The zero-order valence-electron chi connectivity index (χ0n) is 17.6. The van der Waals surface area contributed by atoms with Crippen LogP contribution in [-0.4, -0.2) is 23.3 Å². The number of hydrogen-bond donors (Lipinski definition) is 0. The average Bonchev–Trinajstić information content (AvgIpc) is 3.12. The maximum atomic E-state index is 6.08. The van der Waals surface area contributed by atoms with Crippen molar-refractivity contribution in [1.82, 2.24) is 9.55 Å². The molecule has 0 N–H and O–H groups in total. The molecule has 4 aromatic rings. The molecule has 5 nitrogen and oxygen atoms in total. The van der Waals surface area contributed by atoms with Crippen molar-refractivity contribution in [3.63, 3.8) is 0 Å². The first-order valence-corrected chi connectivity index (χ1v) is 10.0. The largest absolute Gasteiger partial charge is 0.497 e. The average molecular weight is 402 g/mol. The second kappa shape index (κ2) is 8.91. The van der Waals surface area contributed by atoms with Crippen LogP contribution in [0.1, 0.15) is 17.0 Å². The van der Waals surface area contributed by atoms with Crippen LogP contribution in [0.5, 0.6) is 17.2 Å². The third kappa shape index (κ3) is 4.40. The van der Waals surface area contributed by atoms with Gasteiger partial charge in [0.05, 0.1) is 24.7 Å². The van der Waals surface area contributed by atoms with E-state index in [1.165, 1.54) is 5.56 Å². The van der Waals surface area contributed by atoms with Crippen molar-refractivity contribution in [2.45, 2.75) is 27.0 Å². The standard InChI is InChI=1S/C25H26N2O3/c1-18-8-9-19(2)24(16-18)29-15-14-27-23-7-5-4-6-22(23)26-25(27)17-30-21-12-10-20(28-3)11-13-21/h4-13,16H,14-15,17H2,1-3H3. The van der Waals surface area contributed by atoms with Crippen LogP contribution in [0.15, 0.2) is 66.7 Å². The summed E-state index contributed by atoms with van der Waals surface area (Å²) < 4.78 is 19.4. The van der Waals surface area contributed by atoms with Gasteiger partial charge < -0.3 is 18.8 Å². The van der Waals surface area contributed by atoms with E-state index in [4.69, 9.17) is 19.2 Å². The van der Waals surface area contributed by atoms with Crippen molar-refractivity contribution >= 4 is 11.0 Å². The molecule has 1 aromatic heterocycles. The highest BCUT2D eigenvalue weighted by molar-refractivity contribution is 5.75. The molecule has 1 heterocycles. The van der Waals surface area contributed by atoms with E-state index in [1.807, 2.05) is 42.5 Å². The van der Waals surface area contributed by atoms with Gasteiger partial charge >= 0.3 is 0 Å². The fourth-order valence-corrected chi connectivity index (χ4v) is 3.41. The number of para-hydroxylation sites is 2. The topological polar surface area (TPSA) is 45.5 Å². The van der Waals surface area contributed by atoms with Crippen molar-refractivity contribution in [2.24, 2.45) is 0 Å². The lowest BCUT2D eigenvalue weighted by Gasteiger charge is -2.13. The normalized spacial score (nSPS) is 10.9. The predicted molar refractivity (Wildman–Crippen MR) is 118 cm³/mol. The Hall–Kier alpha value is -3.47. The van der Waals surface area contributed by atoms with Crippen LogP contribution >= 0.6 is 0 Å². The number of aryl methyl sites for hydroxylation is 2. The Bertz CT molecular complexity index is 1130. The maximum Gasteiger partial charge on any atom is 0.148 e. The van der Waals surface area contributed by atoms with Crippen LogP contribution in [-0.2, 0) is 13.2 Å². The van der Waals surface area contributed by atoms with Crippen LogP contribution < -0.4 is 14.2 Å². The van der Waals surface area contributed by atoms with E-state index < -0.39 is 0 Å². The molecule has 0 unspecified atom stereocenters. The first-order chi connectivity index (χ1) is 14.6. The van der Waals surface area contributed by atoms with E-state index >= 15 is 0 Å². The highest BCUT2D eigenvalue weighted by Crippen LogP contribution is 2.22. The number of imidazole rings is 1. The third-order valence-electron chi connectivity index (χ3n) is 5.08. The highest BCUT2D eigenvalue weighted by Gasteiger charge is 2.12. The molecule has 0 fully saturated rings. The first-order valence-electron chi connectivity index (χ1n) is 10.0. The van der Waals surface area contributed by atoms with Gasteiger partial charge in [-0.25, -0.2) is 4.98 Å². The van der Waals surface area contributed by atoms with E-state index in [-0.39, 0.29) is 0 Å². The fourth-order valence-electron chi connectivity index (χ4n) is 3.41. The van der Waals surface area contributed by atoms with E-state index in [1.54, 1.807) is 7.11 Å². The van der Waals surface area contributed by atoms with Gasteiger partial charge in [-0.2, -0.15) is 0 Å². The van der Waals surface area contributed by atoms with Gasteiger partial charge in [0.25, 0.3) is 0 Å². The molecule has 0 amide bonds. The second-order valence-corrected chi connectivity index (χ2v) is 7.25. The predicted octanol–water partition coefficient (Wildman–Crippen LogP) is 5.32. The number of nitrogens with zero attached hydrogens (tertiary/aromatic N) is 2. The Morgan fingerprint density at radius 1 is 0.867 bits per heavy atom. The van der Waals surface area contributed by atoms with Crippen molar-refractivity contribution in [3.05, 3.63) is 83.7 Å². The molecular formula is C25H26N2O3. The lowest BCUT2D eigenvalue weighted by atomic mass is 10.1. The quantitative estimate of drug-likeness (QED) is 0.400. The summed E-state index contributed by atoms with van der Waals surface area (Å²) >= 11 is 0. The number of hydrogen-bond acceptors (Lipinski definition) is 4. The van der Waals surface area contributed by atoms with Gasteiger partial charge in [0.2, 0.25) is 0 Å². The Morgan fingerprint density at radius 2 is 1.63 bits per heavy atom. The molecule has 0 spiro atoms. The molecule has 0 radical (unpaired) electrons. The number of fused-ring (bicyclic) bond motifs is 1. The lowest BCUT2D eigenvalue weighted by molar-refractivity contribution is 0.271. The van der Waals surface area contributed by atoms with E-state index in [2.05, 4.69) is 42.7 Å². The summed E-state index contributed by atoms with van der Waals surface area (Å²) in [4.78, 5) is 4.78. The van der Waals surface area contributed by atoms with Gasteiger partial charge in [0, 0.05) is 0 Å². The zero-order chi connectivity index (χ0) is 20.9. The van der Waals surface area contributed by atoms with Crippen LogP contribution in [0.25, 0.3) is 11.0 Å². The van der Waals surface area contributed by atoms with E-state index in [9.17, 15) is 0 Å². The van der Waals surface area contributed by atoms with Gasteiger partial charge in [-0.15, -0.1) is 0 Å². The fraction of sp³-hybridized carbons (Fsp3) is 0.240. The first kappa shape index (κ1) is 19.8. The summed E-state index contributed by atoms with van der Waals surface area (Å²) in [6.07, 6.45) is 0. The van der Waals surface area contributed by atoms with E-state index in [0.29, 0.717) is 19.8 Å². The monoisotopic (exact) mass is 402 g/mol. The van der Waals surface area contributed by atoms with Crippen molar-refractivity contribution in [3.8, 4) is 17.2 Å². The maximum absolute atomic E-state index is 6.08. The molecule has 3 aromatic carbocycles. The minimum absolute atomic E-state index is 0.379. The SMILES string of the molecule is COc1ccc(OCc2nc3ccccc3n2CCOc2cc(C)ccc2C)cc1. The number of rotatable bonds is 8. The molecule has 0 aliphatic heterocycles. The number of benzene rings is 3. The molecule has 4 rings (SSSR count). The van der Waals surface area contributed by atoms with Gasteiger partial charge in [-0.3, -0.25) is 0 Å². The molecule has 30 heavy (non-hydrogen) atoms. The molecule has 0 saturated heterocycles. The summed E-state index contributed by atoms with van der Waals surface area (Å²) in [6.45, 7) is 5.76. The van der Waals surface area contributed by atoms with Crippen LogP contribution in [0.4, 0.5) is 0 Å². The summed E-state index contributed by atoms with van der Waals surface area (Å²) in [5.74, 6) is 3.38. The van der Waals surface area contributed by atoms with Crippen molar-refractivity contribution < 1.29 is 14.2 Å². The summed E-state index contributed by atoms with van der Waals surface area (Å²) in [5.41, 5.74) is 4.37. The molecule has 0 bridgehead atoms. The van der Waals surface area contributed by atoms with Crippen molar-refractivity contribution in [2.75, 3.05) is 13.7 Å². The van der Waals surface area contributed by atoms with Crippen LogP contribution in [0.3, 0.4) is 0 Å². The lowest BCUT2D eigenvalue weighted by Crippen LogP contribution is -2.13. The van der Waals surface area contributed by atoms with Gasteiger partial charge in [0.1, 0.15) is 36.3 Å². The minimum Gasteiger partial charge on any atom is -0.497 e. The van der Waals surface area contributed by atoms with Crippen LogP contribution in [0.2, 0.25) is 0 Å². The number of aromatic nitrogens is 2. The zero-order valence-corrected chi connectivity index (χ0v) is 17.6. The molecule has 5 heteroatoms. The van der Waals surface area contributed by atoms with Gasteiger partial charge in [0.15, 0.2) is 0 Å². The molecule has 154 valence electrons. The smallest absolute Gasteiger partial charge is 0.148 e. The van der Waals surface area contributed by atoms with Crippen molar-refractivity contribution in [1.29, 1.82) is 0 Å². The minimum atomic E-state index is 0.379. The summed E-state index contributed by atoms with van der Waals surface area (Å²) in [7, 11) is 1.65. The molecule has 0 atom stereocenters. The molecule has 0 saturated carbocycles. The summed E-state index contributed by atoms with van der Waals surface area (Å²) in [6, 6.07) is 22.0. The summed E-state index contributed by atoms with van der Waals surface area (Å²) in [5, 5.41) is 0. The Morgan fingerprint density at radius 3 is 2.43 bits per heavy atom. The second-order valence-electron chi connectivity index (χ2n) is 7.25. The number of methoxy groups -OCH3 is 1. The molecule has 0 aliphatic carbocycles. The number of ether oxygens (including phenoxy) is 3. The van der Waals surface area contributed by atoms with Gasteiger partial charge in [-0.1, -0.05) is 24.3 Å².